The zero-order valence-corrected chi connectivity index (χ0v) is 17.1. The van der Waals surface area contributed by atoms with E-state index in [2.05, 4.69) is 10.3 Å². The van der Waals surface area contributed by atoms with Crippen LogP contribution in [0.25, 0.3) is 0 Å². The van der Waals surface area contributed by atoms with Gasteiger partial charge in [0.25, 0.3) is 5.91 Å². The number of carbonyl (C=O) groups is 2. The van der Waals surface area contributed by atoms with Gasteiger partial charge in [-0.05, 0) is 47.5 Å². The van der Waals surface area contributed by atoms with Crippen molar-refractivity contribution in [2.45, 2.75) is 18.7 Å². The number of hydrogen-bond donors (Lipinski definition) is 2. The largest absolute Gasteiger partial charge is 0.394 e. The van der Waals surface area contributed by atoms with E-state index < -0.39 is 12.1 Å². The molecule has 0 radical (unpaired) electrons. The number of ether oxygens (including phenoxy) is 1. The minimum atomic E-state index is -0.602. The van der Waals surface area contributed by atoms with Gasteiger partial charge in [0.1, 0.15) is 24.2 Å². The summed E-state index contributed by atoms with van der Waals surface area (Å²) in [5.41, 5.74) is 2.41. The van der Waals surface area contributed by atoms with Crippen LogP contribution >= 0.6 is 0 Å². The number of nitrogens with one attached hydrogen (secondary N) is 1. The molecule has 7 nitrogen and oxygen atoms in total. The molecule has 1 fully saturated rings. The first-order chi connectivity index (χ1) is 15.5. The normalized spacial score (nSPS) is 18.4. The first kappa shape index (κ1) is 21.6. The molecule has 1 aromatic heterocycles. The molecule has 0 aliphatic carbocycles. The molecular weight excluding hydrogens is 413 g/mol. The smallest absolute Gasteiger partial charge is 0.274 e. The van der Waals surface area contributed by atoms with E-state index in [1.165, 1.54) is 12.1 Å². The van der Waals surface area contributed by atoms with Crippen LogP contribution in [0.1, 0.15) is 27.7 Å². The minimum Gasteiger partial charge on any atom is -0.394 e. The zero-order chi connectivity index (χ0) is 22.5. The number of hydrogen-bond acceptors (Lipinski definition) is 5. The highest BCUT2D eigenvalue weighted by Crippen LogP contribution is 2.31. The number of aromatic nitrogens is 1. The standard InChI is InChI=1S/C24H22FN3O4/c25-18-8-4-16(5-9-18)13-28-21(14-29)23(32-15-22(28)30)17-6-10-19(11-7-17)27-24(31)20-3-1-2-12-26-20/h1-12,21,23,29H,13-15H2,(H,27,31)/t21-,23-/m1/s1. The molecule has 1 aliphatic rings. The van der Waals surface area contributed by atoms with Crippen LogP contribution in [0.2, 0.25) is 0 Å². The first-order valence-electron chi connectivity index (χ1n) is 10.1. The monoisotopic (exact) mass is 435 g/mol. The maximum absolute atomic E-state index is 13.2. The van der Waals surface area contributed by atoms with E-state index in [1.54, 1.807) is 65.7 Å². The van der Waals surface area contributed by atoms with Crippen molar-refractivity contribution in [2.24, 2.45) is 0 Å². The molecule has 32 heavy (non-hydrogen) atoms. The molecule has 2 aromatic carbocycles. The van der Waals surface area contributed by atoms with Gasteiger partial charge in [0.15, 0.2) is 0 Å². The number of benzene rings is 2. The summed E-state index contributed by atoms with van der Waals surface area (Å²) in [6.45, 7) is -0.182. The number of amides is 2. The number of nitrogens with zero attached hydrogens (tertiary/aromatic N) is 2. The first-order valence-corrected chi connectivity index (χ1v) is 10.1. The van der Waals surface area contributed by atoms with E-state index >= 15 is 0 Å². The zero-order valence-electron chi connectivity index (χ0n) is 17.1. The maximum Gasteiger partial charge on any atom is 0.274 e. The fourth-order valence-corrected chi connectivity index (χ4v) is 3.66. The fourth-order valence-electron chi connectivity index (χ4n) is 3.66. The summed E-state index contributed by atoms with van der Waals surface area (Å²) >= 11 is 0. The van der Waals surface area contributed by atoms with Gasteiger partial charge in [-0.25, -0.2) is 4.39 Å². The van der Waals surface area contributed by atoms with Crippen LogP contribution in [-0.2, 0) is 16.1 Å². The second-order valence-corrected chi connectivity index (χ2v) is 7.42. The lowest BCUT2D eigenvalue weighted by molar-refractivity contribution is -0.162. The van der Waals surface area contributed by atoms with Crippen molar-refractivity contribution in [3.63, 3.8) is 0 Å². The predicted molar refractivity (Wildman–Crippen MR) is 115 cm³/mol. The van der Waals surface area contributed by atoms with E-state index in [4.69, 9.17) is 4.74 Å². The number of pyridine rings is 1. The lowest BCUT2D eigenvalue weighted by atomic mass is 9.98. The van der Waals surface area contributed by atoms with Gasteiger partial charge in [-0.3, -0.25) is 14.6 Å². The van der Waals surface area contributed by atoms with Crippen LogP contribution in [0.5, 0.6) is 0 Å². The average molecular weight is 435 g/mol. The molecule has 2 amide bonds. The second kappa shape index (κ2) is 9.67. The van der Waals surface area contributed by atoms with Crippen molar-refractivity contribution in [1.82, 2.24) is 9.88 Å². The van der Waals surface area contributed by atoms with Gasteiger partial charge in [0.2, 0.25) is 5.91 Å². The highest BCUT2D eigenvalue weighted by molar-refractivity contribution is 6.02. The molecule has 4 rings (SSSR count). The molecule has 1 saturated heterocycles. The molecule has 2 heterocycles. The Hall–Kier alpha value is -3.62. The van der Waals surface area contributed by atoms with Crippen LogP contribution in [0, 0.1) is 5.82 Å². The lowest BCUT2D eigenvalue weighted by Crippen LogP contribution is -2.52. The van der Waals surface area contributed by atoms with E-state index in [9.17, 15) is 19.1 Å². The topological polar surface area (TPSA) is 91.8 Å². The van der Waals surface area contributed by atoms with Crippen molar-refractivity contribution in [1.29, 1.82) is 0 Å². The molecule has 1 aliphatic heterocycles. The summed E-state index contributed by atoms with van der Waals surface area (Å²) in [5.74, 6) is -0.922. The Morgan fingerprint density at radius 2 is 1.88 bits per heavy atom. The Kier molecular flexibility index (Phi) is 6.53. The predicted octanol–water partition coefficient (Wildman–Crippen LogP) is 2.93. The summed E-state index contributed by atoms with van der Waals surface area (Å²) in [6.07, 6.45) is 1.01. The van der Waals surface area contributed by atoms with Crippen molar-refractivity contribution in [3.8, 4) is 0 Å². The number of anilines is 1. The van der Waals surface area contributed by atoms with Gasteiger partial charge in [-0.15, -0.1) is 0 Å². The van der Waals surface area contributed by atoms with Crippen LogP contribution in [0.3, 0.4) is 0 Å². The quantitative estimate of drug-likeness (QED) is 0.621. The van der Waals surface area contributed by atoms with Crippen molar-refractivity contribution < 1.29 is 23.8 Å². The number of morpholine rings is 1. The Balaban J connectivity index is 1.48. The van der Waals surface area contributed by atoms with Crippen LogP contribution in [-0.4, -0.2) is 46.1 Å². The fraction of sp³-hybridized carbons (Fsp3) is 0.208. The molecule has 0 bridgehead atoms. The van der Waals surface area contributed by atoms with Crippen LogP contribution < -0.4 is 5.32 Å². The summed E-state index contributed by atoms with van der Waals surface area (Å²) in [5, 5.41) is 12.8. The molecule has 3 aromatic rings. The molecule has 0 saturated carbocycles. The van der Waals surface area contributed by atoms with E-state index in [1.807, 2.05) is 0 Å². The molecule has 0 unspecified atom stereocenters. The van der Waals surface area contributed by atoms with Gasteiger partial charge in [-0.1, -0.05) is 30.3 Å². The average Bonchev–Trinajstić information content (AvgIpc) is 2.82. The summed E-state index contributed by atoms with van der Waals surface area (Å²) in [4.78, 5) is 30.3. The number of rotatable bonds is 6. The van der Waals surface area contributed by atoms with Gasteiger partial charge < -0.3 is 20.1 Å². The summed E-state index contributed by atoms with van der Waals surface area (Å²) in [7, 11) is 0. The Bertz CT molecular complexity index is 1070. The molecule has 2 atom stereocenters. The highest BCUT2D eigenvalue weighted by Gasteiger charge is 2.37. The third-order valence-electron chi connectivity index (χ3n) is 5.30. The second-order valence-electron chi connectivity index (χ2n) is 7.42. The number of aliphatic hydroxyl groups is 1. The maximum atomic E-state index is 13.2. The van der Waals surface area contributed by atoms with Gasteiger partial charge >= 0.3 is 0 Å². The third kappa shape index (κ3) is 4.82. The molecule has 164 valence electrons. The molecule has 8 heteroatoms. The Labute approximate surface area is 184 Å². The molecule has 0 spiro atoms. The summed E-state index contributed by atoms with van der Waals surface area (Å²) in [6, 6.07) is 17.4. The van der Waals surface area contributed by atoms with Crippen molar-refractivity contribution in [3.05, 3.63) is 95.6 Å². The third-order valence-corrected chi connectivity index (χ3v) is 5.30. The Morgan fingerprint density at radius 1 is 1.12 bits per heavy atom. The van der Waals surface area contributed by atoms with E-state index in [0.717, 1.165) is 11.1 Å². The van der Waals surface area contributed by atoms with E-state index in [0.29, 0.717) is 11.4 Å². The van der Waals surface area contributed by atoms with Crippen LogP contribution in [0.4, 0.5) is 10.1 Å². The number of halogens is 1. The molecular formula is C24H22FN3O4. The highest BCUT2D eigenvalue weighted by atomic mass is 19.1. The van der Waals surface area contributed by atoms with Gasteiger partial charge in [0, 0.05) is 18.4 Å². The summed E-state index contributed by atoms with van der Waals surface area (Å²) < 4.78 is 19.0. The van der Waals surface area contributed by atoms with Gasteiger partial charge in [-0.2, -0.15) is 0 Å². The molecule has 2 N–H and O–H groups in total. The van der Waals surface area contributed by atoms with Crippen LogP contribution in [0.15, 0.2) is 72.9 Å². The number of aliphatic hydroxyl groups excluding tert-OH is 1. The minimum absolute atomic E-state index is 0.124. The number of carbonyl (C=O) groups excluding carboxylic acids is 2. The Morgan fingerprint density at radius 3 is 2.53 bits per heavy atom. The van der Waals surface area contributed by atoms with Crippen molar-refractivity contribution >= 4 is 17.5 Å². The van der Waals surface area contributed by atoms with E-state index in [-0.39, 0.29) is 37.4 Å². The SMILES string of the molecule is O=C(Nc1ccc([C@H]2OCC(=O)N(Cc3ccc(F)cc3)[C@@H]2CO)cc1)c1ccccn1. The van der Waals surface area contributed by atoms with Gasteiger partial charge in [0.05, 0.1) is 12.6 Å². The van der Waals surface area contributed by atoms with Crippen molar-refractivity contribution in [2.75, 3.05) is 18.5 Å². The lowest BCUT2D eigenvalue weighted by Gasteiger charge is -2.40.